The van der Waals surface area contributed by atoms with Gasteiger partial charge in [0.2, 0.25) is 0 Å². The number of aliphatic hydroxyl groups is 1. The molecule has 0 radical (unpaired) electrons. The third kappa shape index (κ3) is 7.73. The van der Waals surface area contributed by atoms with E-state index in [9.17, 15) is 24.1 Å². The molecule has 13 heteroatoms. The summed E-state index contributed by atoms with van der Waals surface area (Å²) in [4.78, 5) is 38.8. The van der Waals surface area contributed by atoms with Crippen LogP contribution in [0.15, 0.2) is 52.2 Å². The van der Waals surface area contributed by atoms with E-state index in [1.807, 2.05) is 0 Å². The number of carbonyl (C=O) groups excluding carboxylic acids is 1. The molecule has 3 N–H and O–H groups in total. The first kappa shape index (κ1) is 28.5. The maximum Gasteiger partial charge on any atom is 0.459 e. The van der Waals surface area contributed by atoms with Crippen molar-refractivity contribution in [3.63, 3.8) is 0 Å². The Balaban J connectivity index is 1.75. The predicted molar refractivity (Wildman–Crippen MR) is 135 cm³/mol. The lowest BCUT2D eigenvalue weighted by molar-refractivity contribution is -0.149. The van der Waals surface area contributed by atoms with Crippen molar-refractivity contribution < 1.29 is 33.0 Å². The van der Waals surface area contributed by atoms with Gasteiger partial charge in [0, 0.05) is 12.6 Å². The Morgan fingerprint density at radius 2 is 2.00 bits per heavy atom. The fraction of sp³-hybridized carbons (Fsp3) is 0.458. The minimum atomic E-state index is -4.17. The summed E-state index contributed by atoms with van der Waals surface area (Å²) in [7, 11) is -4.17. The number of H-pyrrole nitrogens is 1. The summed E-state index contributed by atoms with van der Waals surface area (Å²) in [5, 5.41) is 13.1. The highest BCUT2D eigenvalue weighted by atomic mass is 31.2. The van der Waals surface area contributed by atoms with Crippen LogP contribution in [0.4, 0.5) is 0 Å². The number of ether oxygens (including phenoxy) is 2. The Morgan fingerprint density at radius 1 is 1.30 bits per heavy atom. The molecule has 0 spiro atoms. The summed E-state index contributed by atoms with van der Waals surface area (Å²) in [5.41, 5.74) is -1.01. The van der Waals surface area contributed by atoms with Crippen molar-refractivity contribution in [3.05, 3.63) is 69.0 Å². The molecule has 3 rings (SSSR count). The maximum absolute atomic E-state index is 13.6. The van der Waals surface area contributed by atoms with Gasteiger partial charge in [0.15, 0.2) is 0 Å². The molecule has 12 nitrogen and oxygen atoms in total. The van der Waals surface area contributed by atoms with E-state index < -0.39 is 49.4 Å². The topological polar surface area (TPSA) is 158 Å². The van der Waals surface area contributed by atoms with Crippen LogP contribution < -0.4 is 20.9 Å². The van der Waals surface area contributed by atoms with Gasteiger partial charge in [0.05, 0.1) is 24.4 Å². The maximum atomic E-state index is 13.6. The zero-order valence-corrected chi connectivity index (χ0v) is 21.9. The number of nitrogens with one attached hydrogen (secondary N) is 2. The normalized spacial score (nSPS) is 22.2. The monoisotopic (exact) mass is 537 g/mol. The molecule has 1 aromatic heterocycles. The van der Waals surface area contributed by atoms with Crippen LogP contribution in [0.3, 0.4) is 0 Å². The number of hydrogen-bond donors (Lipinski definition) is 3. The molecule has 1 fully saturated rings. The van der Waals surface area contributed by atoms with Crippen LogP contribution in [-0.2, 0) is 23.4 Å². The molecule has 1 aliphatic heterocycles. The van der Waals surface area contributed by atoms with Gasteiger partial charge < -0.3 is 19.1 Å². The summed E-state index contributed by atoms with van der Waals surface area (Å²) in [6.45, 7) is 6.17. The van der Waals surface area contributed by atoms with Gasteiger partial charge in [-0.3, -0.25) is 23.7 Å². The molecule has 202 valence electrons. The second-order valence-electron chi connectivity index (χ2n) is 8.72. The Kier molecular flexibility index (Phi) is 9.63. The summed E-state index contributed by atoms with van der Waals surface area (Å²) >= 11 is 0. The summed E-state index contributed by atoms with van der Waals surface area (Å²) in [6.07, 6.45) is 1.20. The lowest BCUT2D eigenvalue weighted by Gasteiger charge is -2.25. The molecule has 1 aromatic carbocycles. The standard InChI is InChI=1S/C24H32N3O9P/c1-5-9-17-13-27(24(31)25-22(17)29)21-12-19(28)20(35-21)14-33-37(32,36-18-10-7-6-8-11-18)26-16(4)23(30)34-15(2)3/h5-11,13,15-16,19-21,28H,12,14H2,1-4H3,(H,26,32)(H,25,29,31)/b9-5+/t16-,19?,20?,21?,37?/m0/s1. The van der Waals surface area contributed by atoms with E-state index in [-0.39, 0.29) is 30.4 Å². The highest BCUT2D eigenvalue weighted by Gasteiger charge is 2.39. The number of rotatable bonds is 11. The third-order valence-corrected chi connectivity index (χ3v) is 6.93. The van der Waals surface area contributed by atoms with Crippen LogP contribution >= 0.6 is 7.75 Å². The van der Waals surface area contributed by atoms with Gasteiger partial charge in [0.25, 0.3) is 5.56 Å². The third-order valence-electron chi connectivity index (χ3n) is 5.29. The zero-order chi connectivity index (χ0) is 27.2. The van der Waals surface area contributed by atoms with Crippen molar-refractivity contribution in [3.8, 4) is 5.75 Å². The van der Waals surface area contributed by atoms with E-state index in [0.717, 1.165) is 0 Å². The first-order valence-corrected chi connectivity index (χ1v) is 13.3. The number of allylic oxidation sites excluding steroid dienone is 1. The SMILES string of the molecule is C/C=C/c1cn(C2CC(O)C(COP(=O)(N[C@@H](C)C(=O)OC(C)C)Oc3ccccc3)O2)c(=O)[nH]c1=O. The smallest absolute Gasteiger partial charge is 0.459 e. The van der Waals surface area contributed by atoms with Crippen LogP contribution in [0.5, 0.6) is 5.75 Å². The first-order valence-electron chi connectivity index (χ1n) is 11.8. The Labute approximate surface area is 213 Å². The number of aromatic amines is 1. The van der Waals surface area contributed by atoms with E-state index in [0.29, 0.717) is 0 Å². The molecule has 1 aliphatic rings. The van der Waals surface area contributed by atoms with E-state index >= 15 is 0 Å². The number of hydrogen-bond acceptors (Lipinski definition) is 9. The fourth-order valence-corrected chi connectivity index (χ4v) is 5.06. The van der Waals surface area contributed by atoms with Crippen LogP contribution in [-0.4, -0.2) is 51.6 Å². The van der Waals surface area contributed by atoms with Crippen LogP contribution in [0.25, 0.3) is 6.08 Å². The quantitative estimate of drug-likeness (QED) is 0.287. The van der Waals surface area contributed by atoms with Crippen molar-refractivity contribution in [2.24, 2.45) is 0 Å². The highest BCUT2D eigenvalue weighted by Crippen LogP contribution is 2.46. The molecule has 0 bridgehead atoms. The minimum Gasteiger partial charge on any atom is -0.462 e. The molecule has 37 heavy (non-hydrogen) atoms. The lowest BCUT2D eigenvalue weighted by atomic mass is 10.2. The van der Waals surface area contributed by atoms with Crippen LogP contribution in [0.1, 0.15) is 45.9 Å². The number of nitrogens with zero attached hydrogens (tertiary/aromatic N) is 1. The average Bonchev–Trinajstić information content (AvgIpc) is 3.20. The second-order valence-corrected chi connectivity index (χ2v) is 10.4. The van der Waals surface area contributed by atoms with Gasteiger partial charge in [0.1, 0.15) is 24.1 Å². The number of carbonyl (C=O) groups is 1. The van der Waals surface area contributed by atoms with E-state index in [1.165, 1.54) is 23.8 Å². The van der Waals surface area contributed by atoms with Crippen molar-refractivity contribution >= 4 is 19.8 Å². The van der Waals surface area contributed by atoms with Crippen molar-refractivity contribution in [1.82, 2.24) is 14.6 Å². The Bertz CT molecular complexity index is 1260. The fourth-order valence-electron chi connectivity index (χ4n) is 3.55. The molecule has 0 saturated carbocycles. The molecule has 4 unspecified atom stereocenters. The summed E-state index contributed by atoms with van der Waals surface area (Å²) < 4.78 is 36.9. The average molecular weight is 538 g/mol. The molecule has 2 aromatic rings. The first-order chi connectivity index (χ1) is 17.5. The van der Waals surface area contributed by atoms with Crippen molar-refractivity contribution in [1.29, 1.82) is 0 Å². The summed E-state index contributed by atoms with van der Waals surface area (Å²) in [6, 6.07) is 7.19. The van der Waals surface area contributed by atoms with Gasteiger partial charge >= 0.3 is 19.4 Å². The van der Waals surface area contributed by atoms with E-state index in [2.05, 4.69) is 10.1 Å². The van der Waals surface area contributed by atoms with Gasteiger partial charge in [-0.05, 0) is 39.8 Å². The number of aromatic nitrogens is 2. The molecule has 5 atom stereocenters. The zero-order valence-electron chi connectivity index (χ0n) is 21.0. The number of para-hydroxylation sites is 1. The molecule has 1 saturated heterocycles. The minimum absolute atomic E-state index is 0.0175. The number of aliphatic hydroxyl groups excluding tert-OH is 1. The van der Waals surface area contributed by atoms with E-state index in [4.69, 9.17) is 18.5 Å². The molecule has 0 amide bonds. The molecular formula is C24H32N3O9P. The highest BCUT2D eigenvalue weighted by molar-refractivity contribution is 7.52. The van der Waals surface area contributed by atoms with Crippen LogP contribution in [0.2, 0.25) is 0 Å². The van der Waals surface area contributed by atoms with Gasteiger partial charge in [-0.15, -0.1) is 0 Å². The van der Waals surface area contributed by atoms with Crippen molar-refractivity contribution in [2.45, 2.75) is 64.7 Å². The number of esters is 1. The molecule has 2 heterocycles. The largest absolute Gasteiger partial charge is 0.462 e. The van der Waals surface area contributed by atoms with Gasteiger partial charge in [-0.2, -0.15) is 5.09 Å². The van der Waals surface area contributed by atoms with Gasteiger partial charge in [-0.1, -0.05) is 30.4 Å². The second kappa shape index (κ2) is 12.5. The Hall–Kier alpha value is -3.02. The predicted octanol–water partition coefficient (Wildman–Crippen LogP) is 2.35. The lowest BCUT2D eigenvalue weighted by Crippen LogP contribution is -2.37. The van der Waals surface area contributed by atoms with Crippen molar-refractivity contribution in [2.75, 3.05) is 6.61 Å². The van der Waals surface area contributed by atoms with E-state index in [1.54, 1.807) is 57.2 Å². The van der Waals surface area contributed by atoms with Crippen LogP contribution in [0, 0.1) is 0 Å². The molecule has 0 aliphatic carbocycles. The summed E-state index contributed by atoms with van der Waals surface area (Å²) in [5.74, 6) is -0.424. The number of benzene rings is 1. The Morgan fingerprint density at radius 3 is 2.65 bits per heavy atom. The molecular weight excluding hydrogens is 505 g/mol. The van der Waals surface area contributed by atoms with Gasteiger partial charge in [-0.25, -0.2) is 9.36 Å².